The monoisotopic (exact) mass is 253 g/mol. The molecular weight excluding hydrogens is 237 g/mol. The van der Waals surface area contributed by atoms with Crippen LogP contribution >= 0.6 is 0 Å². The number of anilines is 1. The Morgan fingerprint density at radius 1 is 1.39 bits per heavy atom. The molecule has 0 bridgehead atoms. The molecule has 1 rings (SSSR count). The van der Waals surface area contributed by atoms with E-state index in [1.807, 2.05) is 0 Å². The van der Waals surface area contributed by atoms with E-state index < -0.39 is 23.0 Å². The van der Waals surface area contributed by atoms with E-state index in [0.29, 0.717) is 0 Å². The Balaban J connectivity index is 2.78. The zero-order chi connectivity index (χ0) is 13.9. The molecule has 0 fully saturated rings. The summed E-state index contributed by atoms with van der Waals surface area (Å²) in [4.78, 5) is 22.9. The maximum atomic E-state index is 13.0. The van der Waals surface area contributed by atoms with Gasteiger partial charge >= 0.3 is 0 Å². The molecule has 0 spiro atoms. The van der Waals surface area contributed by atoms with Gasteiger partial charge in [-0.15, -0.1) is 0 Å². The summed E-state index contributed by atoms with van der Waals surface area (Å²) in [6, 6.07) is 3.52. The molecule has 0 aliphatic carbocycles. The van der Waals surface area contributed by atoms with Gasteiger partial charge in [0.15, 0.2) is 0 Å². The Morgan fingerprint density at radius 3 is 2.56 bits per heavy atom. The molecule has 1 aromatic rings. The van der Waals surface area contributed by atoms with Crippen LogP contribution in [0.4, 0.5) is 10.1 Å². The van der Waals surface area contributed by atoms with Gasteiger partial charge in [0.1, 0.15) is 5.82 Å². The molecule has 18 heavy (non-hydrogen) atoms. The number of nitrogen functional groups attached to an aromatic ring is 1. The van der Waals surface area contributed by atoms with Gasteiger partial charge in [-0.1, -0.05) is 0 Å². The zero-order valence-electron chi connectivity index (χ0n) is 10.3. The highest BCUT2D eigenvalue weighted by molar-refractivity contribution is 5.99. The fourth-order valence-electron chi connectivity index (χ4n) is 1.21. The second kappa shape index (κ2) is 5.03. The van der Waals surface area contributed by atoms with Crippen molar-refractivity contribution in [2.24, 2.45) is 11.1 Å². The zero-order valence-corrected chi connectivity index (χ0v) is 10.3. The number of hydrogen-bond donors (Lipinski definition) is 3. The van der Waals surface area contributed by atoms with Gasteiger partial charge < -0.3 is 16.8 Å². The van der Waals surface area contributed by atoms with E-state index in [0.717, 1.165) is 6.07 Å². The van der Waals surface area contributed by atoms with Crippen molar-refractivity contribution in [1.29, 1.82) is 0 Å². The third kappa shape index (κ3) is 3.19. The first-order chi connectivity index (χ1) is 8.24. The van der Waals surface area contributed by atoms with Crippen molar-refractivity contribution in [1.82, 2.24) is 5.32 Å². The topological polar surface area (TPSA) is 98.2 Å². The number of halogens is 1. The first-order valence-corrected chi connectivity index (χ1v) is 5.37. The molecule has 0 aliphatic heterocycles. The number of nitrogens with two attached hydrogens (primary N) is 2. The summed E-state index contributed by atoms with van der Waals surface area (Å²) in [6.07, 6.45) is 0. The smallest absolute Gasteiger partial charge is 0.253 e. The summed E-state index contributed by atoms with van der Waals surface area (Å²) < 4.78 is 13.0. The number of nitrogens with one attached hydrogen (secondary N) is 1. The molecular formula is C12H16FN3O2. The maximum Gasteiger partial charge on any atom is 0.253 e. The van der Waals surface area contributed by atoms with Crippen LogP contribution in [0, 0.1) is 11.2 Å². The van der Waals surface area contributed by atoms with Crippen molar-refractivity contribution in [3.63, 3.8) is 0 Å². The molecule has 0 radical (unpaired) electrons. The van der Waals surface area contributed by atoms with Gasteiger partial charge in [0.25, 0.3) is 5.91 Å². The normalized spacial score (nSPS) is 11.1. The first kappa shape index (κ1) is 14.0. The molecule has 2 amide bonds. The molecule has 1 aromatic carbocycles. The van der Waals surface area contributed by atoms with Crippen LogP contribution in [0.2, 0.25) is 0 Å². The summed E-state index contributed by atoms with van der Waals surface area (Å²) in [7, 11) is 0. The van der Waals surface area contributed by atoms with Crippen molar-refractivity contribution < 1.29 is 14.0 Å². The minimum absolute atomic E-state index is 0.0373. The minimum Gasteiger partial charge on any atom is -0.398 e. The molecule has 0 aliphatic rings. The standard InChI is InChI=1S/C12H16FN3O2/c1-12(2,11(15)18)6-16-10(17)8-5-7(13)3-4-9(8)14/h3-5H,6,14H2,1-2H3,(H2,15,18)(H,16,17). The van der Waals surface area contributed by atoms with Crippen molar-refractivity contribution in [2.45, 2.75) is 13.8 Å². The minimum atomic E-state index is -0.877. The third-order valence-corrected chi connectivity index (χ3v) is 2.62. The van der Waals surface area contributed by atoms with Crippen LogP contribution in [0.5, 0.6) is 0 Å². The van der Waals surface area contributed by atoms with Gasteiger partial charge in [0.2, 0.25) is 5.91 Å². The lowest BCUT2D eigenvalue weighted by Crippen LogP contribution is -2.42. The van der Waals surface area contributed by atoms with Crippen molar-refractivity contribution >= 4 is 17.5 Å². The Morgan fingerprint density at radius 2 is 2.00 bits per heavy atom. The molecule has 0 aromatic heterocycles. The number of hydrogen-bond acceptors (Lipinski definition) is 3. The quantitative estimate of drug-likeness (QED) is 0.687. The van der Waals surface area contributed by atoms with Crippen molar-refractivity contribution in [3.05, 3.63) is 29.6 Å². The molecule has 0 heterocycles. The number of carbonyl (C=O) groups is 2. The molecule has 0 atom stereocenters. The number of benzene rings is 1. The average molecular weight is 253 g/mol. The second-order valence-corrected chi connectivity index (χ2v) is 4.66. The average Bonchev–Trinajstić information content (AvgIpc) is 2.29. The van der Waals surface area contributed by atoms with E-state index in [-0.39, 0.29) is 17.8 Å². The molecule has 0 unspecified atom stereocenters. The van der Waals surface area contributed by atoms with Gasteiger partial charge in [-0.2, -0.15) is 0 Å². The molecule has 5 nitrogen and oxygen atoms in total. The second-order valence-electron chi connectivity index (χ2n) is 4.66. The van der Waals surface area contributed by atoms with E-state index in [1.54, 1.807) is 13.8 Å². The third-order valence-electron chi connectivity index (χ3n) is 2.62. The summed E-state index contributed by atoms with van der Waals surface area (Å²) in [5.74, 6) is -1.63. The number of rotatable bonds is 4. The number of carbonyl (C=O) groups excluding carboxylic acids is 2. The summed E-state index contributed by atoms with van der Waals surface area (Å²) in [5.41, 5.74) is 10.1. The molecule has 0 saturated heterocycles. The van der Waals surface area contributed by atoms with Gasteiger partial charge in [-0.25, -0.2) is 4.39 Å². The lowest BCUT2D eigenvalue weighted by atomic mass is 9.92. The van der Waals surface area contributed by atoms with E-state index >= 15 is 0 Å². The van der Waals surface area contributed by atoms with Crippen molar-refractivity contribution in [2.75, 3.05) is 12.3 Å². The maximum absolute atomic E-state index is 13.0. The van der Waals surface area contributed by atoms with Crippen LogP contribution in [-0.2, 0) is 4.79 Å². The van der Waals surface area contributed by atoms with Crippen molar-refractivity contribution in [3.8, 4) is 0 Å². The summed E-state index contributed by atoms with van der Waals surface area (Å²) >= 11 is 0. The molecule has 6 heteroatoms. The van der Waals surface area contributed by atoms with Gasteiger partial charge in [-0.3, -0.25) is 9.59 Å². The van der Waals surface area contributed by atoms with Crippen LogP contribution in [0.15, 0.2) is 18.2 Å². The predicted octanol–water partition coefficient (Wildman–Crippen LogP) is 0.649. The van der Waals surface area contributed by atoms with Gasteiger partial charge in [0.05, 0.1) is 11.0 Å². The van der Waals surface area contributed by atoms with Crippen LogP contribution in [-0.4, -0.2) is 18.4 Å². The Bertz CT molecular complexity index is 486. The molecule has 0 saturated carbocycles. The van der Waals surface area contributed by atoms with Gasteiger partial charge in [0, 0.05) is 12.2 Å². The fraction of sp³-hybridized carbons (Fsp3) is 0.333. The predicted molar refractivity (Wildman–Crippen MR) is 66.1 cm³/mol. The Kier molecular flexibility index (Phi) is 3.90. The molecule has 5 N–H and O–H groups in total. The van der Waals surface area contributed by atoms with E-state index in [4.69, 9.17) is 11.5 Å². The SMILES string of the molecule is CC(C)(CNC(=O)c1cc(F)ccc1N)C(N)=O. The fourth-order valence-corrected chi connectivity index (χ4v) is 1.21. The number of amides is 2. The highest BCUT2D eigenvalue weighted by atomic mass is 19.1. The molecule has 98 valence electrons. The van der Waals surface area contributed by atoms with Crippen LogP contribution in [0.1, 0.15) is 24.2 Å². The lowest BCUT2D eigenvalue weighted by Gasteiger charge is -2.20. The summed E-state index contributed by atoms with van der Waals surface area (Å²) in [5, 5.41) is 2.50. The largest absolute Gasteiger partial charge is 0.398 e. The lowest BCUT2D eigenvalue weighted by molar-refractivity contribution is -0.125. The number of primary amides is 1. The Labute approximate surface area is 104 Å². The van der Waals surface area contributed by atoms with E-state index in [1.165, 1.54) is 12.1 Å². The highest BCUT2D eigenvalue weighted by Gasteiger charge is 2.26. The van der Waals surface area contributed by atoms with E-state index in [2.05, 4.69) is 5.32 Å². The van der Waals surface area contributed by atoms with E-state index in [9.17, 15) is 14.0 Å². The van der Waals surface area contributed by atoms with Crippen LogP contribution < -0.4 is 16.8 Å². The summed E-state index contributed by atoms with van der Waals surface area (Å²) in [6.45, 7) is 3.26. The van der Waals surface area contributed by atoms with Gasteiger partial charge in [-0.05, 0) is 32.0 Å². The highest BCUT2D eigenvalue weighted by Crippen LogP contribution is 2.15. The first-order valence-electron chi connectivity index (χ1n) is 5.37. The van der Waals surface area contributed by atoms with Crippen LogP contribution in [0.25, 0.3) is 0 Å². The van der Waals surface area contributed by atoms with Crippen LogP contribution in [0.3, 0.4) is 0 Å². The Hall–Kier alpha value is -2.11.